The van der Waals surface area contributed by atoms with Crippen LogP contribution in [0.3, 0.4) is 0 Å². The molecule has 24 heavy (non-hydrogen) atoms. The lowest BCUT2D eigenvalue weighted by Gasteiger charge is -2.05. The zero-order valence-electron chi connectivity index (χ0n) is 13.4. The Bertz CT molecular complexity index is 922. The number of aromatic nitrogens is 2. The second kappa shape index (κ2) is 6.96. The number of nitrogens with zero attached hydrogens (tertiary/aromatic N) is 3. The molecular formula is C20H19N3O. The standard InChI is InChI=1S/C20H19N3O/c1-3-8-15-9-7-10-16(19(15)24)14-21-20-22-17-11-5-6-12-18(17)23(20)13-4-2/h3-7,9-12,14,24H,1-2,8,13H2. The summed E-state index contributed by atoms with van der Waals surface area (Å²) in [6.45, 7) is 8.13. The van der Waals surface area contributed by atoms with Crippen molar-refractivity contribution in [2.45, 2.75) is 13.0 Å². The molecule has 0 saturated heterocycles. The summed E-state index contributed by atoms with van der Waals surface area (Å²) in [7, 11) is 0. The molecule has 0 atom stereocenters. The maximum atomic E-state index is 10.3. The molecular weight excluding hydrogens is 298 g/mol. The van der Waals surface area contributed by atoms with Gasteiger partial charge in [0.25, 0.3) is 0 Å². The molecule has 0 unspecified atom stereocenters. The van der Waals surface area contributed by atoms with Gasteiger partial charge < -0.3 is 9.67 Å². The van der Waals surface area contributed by atoms with Crippen LogP contribution in [0.15, 0.2) is 72.8 Å². The Balaban J connectivity index is 2.02. The minimum absolute atomic E-state index is 0.229. The lowest BCUT2D eigenvalue weighted by atomic mass is 10.1. The van der Waals surface area contributed by atoms with E-state index < -0.39 is 0 Å². The first kappa shape index (κ1) is 15.7. The molecule has 0 fully saturated rings. The van der Waals surface area contributed by atoms with Gasteiger partial charge in [0.15, 0.2) is 0 Å². The predicted molar refractivity (Wildman–Crippen MR) is 99.2 cm³/mol. The van der Waals surface area contributed by atoms with Gasteiger partial charge in [0.1, 0.15) is 5.75 Å². The smallest absolute Gasteiger partial charge is 0.230 e. The number of phenolic OH excluding ortho intramolecular Hbond substituents is 1. The summed E-state index contributed by atoms with van der Waals surface area (Å²) < 4.78 is 1.99. The SMILES string of the molecule is C=CCc1cccc(C=Nc2nc3ccccc3n2CC=C)c1O. The van der Waals surface area contributed by atoms with Crippen molar-refractivity contribution in [1.82, 2.24) is 9.55 Å². The molecule has 4 nitrogen and oxygen atoms in total. The molecule has 2 aromatic carbocycles. The number of fused-ring (bicyclic) bond motifs is 1. The van der Waals surface area contributed by atoms with Crippen LogP contribution >= 0.6 is 0 Å². The highest BCUT2D eigenvalue weighted by atomic mass is 16.3. The molecule has 0 bridgehead atoms. The Kier molecular flexibility index (Phi) is 4.57. The molecule has 0 aliphatic rings. The molecule has 120 valence electrons. The van der Waals surface area contributed by atoms with Crippen molar-refractivity contribution in [3.8, 4) is 5.75 Å². The van der Waals surface area contributed by atoms with Crippen LogP contribution in [0.4, 0.5) is 5.95 Å². The number of rotatable bonds is 6. The van der Waals surface area contributed by atoms with Crippen LogP contribution in [0.5, 0.6) is 5.75 Å². The summed E-state index contributed by atoms with van der Waals surface area (Å²) in [6.07, 6.45) is 5.83. The van der Waals surface area contributed by atoms with Crippen molar-refractivity contribution in [3.05, 3.63) is 78.9 Å². The summed E-state index contributed by atoms with van der Waals surface area (Å²) >= 11 is 0. The molecule has 0 spiro atoms. The van der Waals surface area contributed by atoms with Crippen LogP contribution in [0.25, 0.3) is 11.0 Å². The number of benzene rings is 2. The first-order chi connectivity index (χ1) is 11.7. The van der Waals surface area contributed by atoms with E-state index in [1.807, 2.05) is 53.1 Å². The van der Waals surface area contributed by atoms with Gasteiger partial charge in [-0.1, -0.05) is 36.4 Å². The highest BCUT2D eigenvalue weighted by Gasteiger charge is 2.09. The average Bonchev–Trinajstić information content (AvgIpc) is 2.94. The highest BCUT2D eigenvalue weighted by molar-refractivity contribution is 5.86. The van der Waals surface area contributed by atoms with Crippen molar-refractivity contribution in [1.29, 1.82) is 0 Å². The average molecular weight is 317 g/mol. The molecule has 0 aliphatic carbocycles. The number of allylic oxidation sites excluding steroid dienone is 2. The van der Waals surface area contributed by atoms with E-state index >= 15 is 0 Å². The van der Waals surface area contributed by atoms with Crippen molar-refractivity contribution in [2.75, 3.05) is 0 Å². The zero-order chi connectivity index (χ0) is 16.9. The Labute approximate surface area is 141 Å². The fourth-order valence-corrected chi connectivity index (χ4v) is 2.63. The van der Waals surface area contributed by atoms with Gasteiger partial charge in [-0.25, -0.2) is 9.98 Å². The van der Waals surface area contributed by atoms with E-state index in [1.54, 1.807) is 12.3 Å². The predicted octanol–water partition coefficient (Wildman–Crippen LogP) is 4.41. The van der Waals surface area contributed by atoms with Crippen LogP contribution in [0.2, 0.25) is 0 Å². The lowest BCUT2D eigenvalue weighted by molar-refractivity contribution is 0.469. The Morgan fingerprint density at radius 3 is 2.71 bits per heavy atom. The largest absolute Gasteiger partial charge is 0.507 e. The van der Waals surface area contributed by atoms with Gasteiger partial charge in [0.2, 0.25) is 5.95 Å². The summed E-state index contributed by atoms with van der Waals surface area (Å²) in [5, 5.41) is 10.3. The van der Waals surface area contributed by atoms with Gasteiger partial charge in [-0.15, -0.1) is 13.2 Å². The van der Waals surface area contributed by atoms with Crippen LogP contribution in [0.1, 0.15) is 11.1 Å². The monoisotopic (exact) mass is 317 g/mol. The summed E-state index contributed by atoms with van der Waals surface area (Å²) in [6, 6.07) is 13.5. The van der Waals surface area contributed by atoms with Crippen molar-refractivity contribution in [3.63, 3.8) is 0 Å². The quantitative estimate of drug-likeness (QED) is 0.541. The van der Waals surface area contributed by atoms with Crippen LogP contribution in [-0.2, 0) is 13.0 Å². The van der Waals surface area contributed by atoms with Gasteiger partial charge in [0.05, 0.1) is 11.0 Å². The number of aromatic hydroxyl groups is 1. The number of phenols is 1. The van der Waals surface area contributed by atoms with E-state index in [0.29, 0.717) is 24.5 Å². The topological polar surface area (TPSA) is 50.4 Å². The Hall–Kier alpha value is -3.14. The molecule has 3 aromatic rings. The molecule has 0 saturated carbocycles. The van der Waals surface area contributed by atoms with E-state index in [9.17, 15) is 5.11 Å². The van der Waals surface area contributed by atoms with Gasteiger partial charge >= 0.3 is 0 Å². The third-order valence-corrected chi connectivity index (χ3v) is 3.78. The van der Waals surface area contributed by atoms with E-state index in [-0.39, 0.29) is 5.75 Å². The van der Waals surface area contributed by atoms with Gasteiger partial charge in [-0.3, -0.25) is 0 Å². The number of aliphatic imine (C=N–C) groups is 1. The van der Waals surface area contributed by atoms with Crippen molar-refractivity contribution >= 4 is 23.2 Å². The lowest BCUT2D eigenvalue weighted by Crippen LogP contribution is -1.95. The zero-order valence-corrected chi connectivity index (χ0v) is 13.4. The Morgan fingerprint density at radius 1 is 1.08 bits per heavy atom. The fraction of sp³-hybridized carbons (Fsp3) is 0.100. The second-order valence-electron chi connectivity index (χ2n) is 5.41. The van der Waals surface area contributed by atoms with Gasteiger partial charge in [0, 0.05) is 18.3 Å². The summed E-state index contributed by atoms with van der Waals surface area (Å²) in [5.41, 5.74) is 3.38. The summed E-state index contributed by atoms with van der Waals surface area (Å²) in [4.78, 5) is 9.04. The number of hydrogen-bond donors (Lipinski definition) is 1. The molecule has 0 amide bonds. The van der Waals surface area contributed by atoms with Gasteiger partial charge in [-0.05, 0) is 30.2 Å². The molecule has 1 aromatic heterocycles. The first-order valence-corrected chi connectivity index (χ1v) is 7.76. The summed E-state index contributed by atoms with van der Waals surface area (Å²) in [5.74, 6) is 0.817. The molecule has 1 N–H and O–H groups in total. The minimum Gasteiger partial charge on any atom is -0.507 e. The number of imidazole rings is 1. The fourth-order valence-electron chi connectivity index (χ4n) is 2.63. The minimum atomic E-state index is 0.229. The van der Waals surface area contributed by atoms with E-state index in [1.165, 1.54) is 0 Å². The van der Waals surface area contributed by atoms with Crippen LogP contribution in [0, 0.1) is 0 Å². The van der Waals surface area contributed by atoms with Gasteiger partial charge in [-0.2, -0.15) is 0 Å². The molecule has 1 heterocycles. The van der Waals surface area contributed by atoms with Crippen LogP contribution in [-0.4, -0.2) is 20.9 Å². The van der Waals surface area contributed by atoms with E-state index in [4.69, 9.17) is 0 Å². The Morgan fingerprint density at radius 2 is 1.92 bits per heavy atom. The van der Waals surface area contributed by atoms with Crippen molar-refractivity contribution in [2.24, 2.45) is 4.99 Å². The maximum Gasteiger partial charge on any atom is 0.230 e. The van der Waals surface area contributed by atoms with E-state index in [0.717, 1.165) is 16.6 Å². The molecule has 3 rings (SSSR count). The van der Waals surface area contributed by atoms with Crippen LogP contribution < -0.4 is 0 Å². The molecule has 4 heteroatoms. The second-order valence-corrected chi connectivity index (χ2v) is 5.41. The third kappa shape index (κ3) is 2.99. The first-order valence-electron chi connectivity index (χ1n) is 7.76. The highest BCUT2D eigenvalue weighted by Crippen LogP contribution is 2.24. The van der Waals surface area contributed by atoms with Crippen molar-refractivity contribution < 1.29 is 5.11 Å². The molecule has 0 radical (unpaired) electrons. The third-order valence-electron chi connectivity index (χ3n) is 3.78. The molecule has 0 aliphatic heterocycles. The number of hydrogen-bond acceptors (Lipinski definition) is 3. The number of para-hydroxylation sites is 3. The van der Waals surface area contributed by atoms with E-state index in [2.05, 4.69) is 23.1 Å². The maximum absolute atomic E-state index is 10.3. The normalized spacial score (nSPS) is 11.2.